The van der Waals surface area contributed by atoms with Crippen molar-refractivity contribution in [2.75, 3.05) is 0 Å². The lowest BCUT2D eigenvalue weighted by atomic mass is 10.1. The molecule has 0 fully saturated rings. The quantitative estimate of drug-likeness (QED) is 0.779. The van der Waals surface area contributed by atoms with Gasteiger partial charge >= 0.3 is 4.94 Å². The van der Waals surface area contributed by atoms with Gasteiger partial charge in [-0.05, 0) is 18.6 Å². The van der Waals surface area contributed by atoms with Crippen LogP contribution in [0.5, 0.6) is 0 Å². The zero-order chi connectivity index (χ0) is 10.7. The fourth-order valence-corrected chi connectivity index (χ4v) is 1.50. The molecule has 0 unspecified atom stereocenters. The molecule has 0 atom stereocenters. The van der Waals surface area contributed by atoms with Crippen LogP contribution in [0.1, 0.15) is 17.0 Å². The van der Waals surface area contributed by atoms with E-state index in [9.17, 15) is 4.79 Å². The van der Waals surface area contributed by atoms with Gasteiger partial charge in [0.15, 0.2) is 0 Å². The van der Waals surface area contributed by atoms with Crippen molar-refractivity contribution in [3.63, 3.8) is 0 Å². The third kappa shape index (κ3) is 2.63. The highest BCUT2D eigenvalue weighted by Gasteiger charge is 1.95. The molecule has 2 rings (SSSR count). The van der Waals surface area contributed by atoms with Crippen LogP contribution in [-0.4, -0.2) is 4.37 Å². The zero-order valence-corrected chi connectivity index (χ0v) is 8.95. The van der Waals surface area contributed by atoms with Crippen LogP contribution in [0.15, 0.2) is 33.5 Å². The molecule has 0 saturated heterocycles. The molecule has 4 heteroatoms. The number of nitrogens with zero attached hydrogens (tertiary/aromatic N) is 1. The van der Waals surface area contributed by atoms with E-state index in [4.69, 9.17) is 4.42 Å². The summed E-state index contributed by atoms with van der Waals surface area (Å²) in [7, 11) is 0. The largest absolute Gasteiger partial charge is 0.414 e. The van der Waals surface area contributed by atoms with Crippen LogP contribution in [-0.2, 0) is 0 Å². The van der Waals surface area contributed by atoms with E-state index >= 15 is 0 Å². The molecule has 2 aromatic rings. The summed E-state index contributed by atoms with van der Waals surface area (Å²) in [6, 6.07) is 8.04. The SMILES string of the molecule is Cc1ccc(/C=C/c2nsc(=O)o2)cc1. The van der Waals surface area contributed by atoms with Crippen molar-refractivity contribution in [1.29, 1.82) is 0 Å². The zero-order valence-electron chi connectivity index (χ0n) is 8.14. The highest BCUT2D eigenvalue weighted by Crippen LogP contribution is 2.07. The van der Waals surface area contributed by atoms with Crippen LogP contribution in [0.4, 0.5) is 0 Å². The lowest BCUT2D eigenvalue weighted by Crippen LogP contribution is -1.80. The van der Waals surface area contributed by atoms with Crippen LogP contribution in [0.2, 0.25) is 0 Å². The average molecular weight is 219 g/mol. The molecule has 0 aliphatic rings. The average Bonchev–Trinajstić information content (AvgIpc) is 2.64. The predicted molar refractivity (Wildman–Crippen MR) is 60.8 cm³/mol. The first-order valence-corrected chi connectivity index (χ1v) is 5.23. The fourth-order valence-electron chi connectivity index (χ4n) is 1.11. The van der Waals surface area contributed by atoms with Gasteiger partial charge in [0.05, 0.1) is 11.5 Å². The maximum Gasteiger partial charge on any atom is 0.414 e. The molecule has 0 radical (unpaired) electrons. The van der Waals surface area contributed by atoms with Crippen molar-refractivity contribution in [1.82, 2.24) is 4.37 Å². The minimum Gasteiger partial charge on any atom is -0.395 e. The molecule has 76 valence electrons. The molecule has 1 heterocycles. The third-order valence-electron chi connectivity index (χ3n) is 1.89. The van der Waals surface area contributed by atoms with Crippen molar-refractivity contribution in [2.24, 2.45) is 0 Å². The van der Waals surface area contributed by atoms with Gasteiger partial charge in [-0.15, -0.1) is 4.37 Å². The van der Waals surface area contributed by atoms with Crippen molar-refractivity contribution in [2.45, 2.75) is 6.92 Å². The van der Waals surface area contributed by atoms with E-state index in [2.05, 4.69) is 4.37 Å². The van der Waals surface area contributed by atoms with Gasteiger partial charge in [-0.2, -0.15) is 0 Å². The Morgan fingerprint density at radius 1 is 1.27 bits per heavy atom. The fraction of sp³-hybridized carbons (Fsp3) is 0.0909. The Labute approximate surface area is 90.9 Å². The number of aromatic nitrogens is 1. The monoisotopic (exact) mass is 219 g/mol. The Morgan fingerprint density at radius 3 is 2.60 bits per heavy atom. The molecule has 0 aliphatic heterocycles. The number of hydrogen-bond donors (Lipinski definition) is 0. The third-order valence-corrected chi connectivity index (χ3v) is 2.40. The van der Waals surface area contributed by atoms with Gasteiger partial charge in [0.2, 0.25) is 5.89 Å². The summed E-state index contributed by atoms with van der Waals surface area (Å²) in [6.07, 6.45) is 3.54. The van der Waals surface area contributed by atoms with Crippen molar-refractivity contribution >= 4 is 23.7 Å². The molecule has 15 heavy (non-hydrogen) atoms. The maximum absolute atomic E-state index is 10.7. The van der Waals surface area contributed by atoms with Crippen LogP contribution in [0.25, 0.3) is 12.2 Å². The van der Waals surface area contributed by atoms with Gasteiger partial charge in [0, 0.05) is 6.08 Å². The molecule has 0 spiro atoms. The van der Waals surface area contributed by atoms with Crippen LogP contribution < -0.4 is 4.94 Å². The Hall–Kier alpha value is -1.68. The lowest BCUT2D eigenvalue weighted by Gasteiger charge is -1.93. The first-order valence-electron chi connectivity index (χ1n) is 4.45. The number of rotatable bonds is 2. The summed E-state index contributed by atoms with van der Waals surface area (Å²) in [5.41, 5.74) is 2.27. The van der Waals surface area contributed by atoms with Crippen LogP contribution in [0, 0.1) is 6.92 Å². The highest BCUT2D eigenvalue weighted by molar-refractivity contribution is 7.02. The topological polar surface area (TPSA) is 43.1 Å². The van der Waals surface area contributed by atoms with Crippen molar-refractivity contribution < 1.29 is 4.42 Å². The summed E-state index contributed by atoms with van der Waals surface area (Å²) >= 11 is 0.819. The molecule has 0 aliphatic carbocycles. The molecule has 0 bridgehead atoms. The maximum atomic E-state index is 10.7. The molecule has 3 nitrogen and oxygen atoms in total. The first kappa shape index (κ1) is 9.86. The van der Waals surface area contributed by atoms with Crippen LogP contribution in [0.3, 0.4) is 0 Å². The molecular weight excluding hydrogens is 210 g/mol. The van der Waals surface area contributed by atoms with Crippen LogP contribution >= 0.6 is 11.5 Å². The molecular formula is C11H9NO2S. The Morgan fingerprint density at radius 2 is 2.00 bits per heavy atom. The lowest BCUT2D eigenvalue weighted by molar-refractivity contribution is 0.516. The number of aryl methyl sites for hydroxylation is 1. The normalized spacial score (nSPS) is 11.0. The molecule has 0 N–H and O–H groups in total. The van der Waals surface area contributed by atoms with Gasteiger partial charge in [-0.3, -0.25) is 0 Å². The minimum absolute atomic E-state index is 0.352. The summed E-state index contributed by atoms with van der Waals surface area (Å²) < 4.78 is 8.62. The Balaban J connectivity index is 2.18. The molecule has 1 aromatic carbocycles. The summed E-state index contributed by atoms with van der Waals surface area (Å²) in [5.74, 6) is 0.352. The second kappa shape index (κ2) is 4.23. The predicted octanol–water partition coefficient (Wildman–Crippen LogP) is 2.58. The highest BCUT2D eigenvalue weighted by atomic mass is 32.1. The second-order valence-electron chi connectivity index (χ2n) is 3.12. The summed E-state index contributed by atoms with van der Waals surface area (Å²) in [6.45, 7) is 2.03. The summed E-state index contributed by atoms with van der Waals surface area (Å²) in [5, 5.41) is 0. The van der Waals surface area contributed by atoms with Gasteiger partial charge in [0.1, 0.15) is 0 Å². The van der Waals surface area contributed by atoms with E-state index in [1.165, 1.54) is 5.56 Å². The van der Waals surface area contributed by atoms with E-state index < -0.39 is 0 Å². The summed E-state index contributed by atoms with van der Waals surface area (Å²) in [4.78, 5) is 10.3. The van der Waals surface area contributed by atoms with E-state index in [1.807, 2.05) is 37.3 Å². The van der Waals surface area contributed by atoms with Gasteiger partial charge in [0.25, 0.3) is 0 Å². The Bertz CT molecular complexity index is 522. The van der Waals surface area contributed by atoms with E-state index in [0.717, 1.165) is 17.1 Å². The van der Waals surface area contributed by atoms with Gasteiger partial charge in [-0.1, -0.05) is 29.8 Å². The smallest absolute Gasteiger partial charge is 0.395 e. The van der Waals surface area contributed by atoms with Gasteiger partial charge < -0.3 is 4.42 Å². The molecule has 0 amide bonds. The van der Waals surface area contributed by atoms with Gasteiger partial charge in [-0.25, -0.2) is 4.79 Å². The second-order valence-corrected chi connectivity index (χ2v) is 3.82. The van der Waals surface area contributed by atoms with Crippen molar-refractivity contribution in [3.05, 3.63) is 51.0 Å². The van der Waals surface area contributed by atoms with E-state index in [1.54, 1.807) is 6.08 Å². The van der Waals surface area contributed by atoms with Crippen molar-refractivity contribution in [3.8, 4) is 0 Å². The van der Waals surface area contributed by atoms with E-state index in [0.29, 0.717) is 5.89 Å². The number of hydrogen-bond acceptors (Lipinski definition) is 4. The Kier molecular flexibility index (Phi) is 2.78. The first-order chi connectivity index (χ1) is 7.24. The molecule has 0 saturated carbocycles. The number of benzene rings is 1. The van der Waals surface area contributed by atoms with E-state index in [-0.39, 0.29) is 4.94 Å². The standard InChI is InChI=1S/C11H9NO2S/c1-8-2-4-9(5-3-8)6-7-10-12-15-11(13)14-10/h2-7H,1H3/b7-6+. The molecule has 1 aromatic heterocycles. The minimum atomic E-state index is -0.376.